The molecule has 0 aromatic heterocycles. The van der Waals surface area contributed by atoms with Crippen molar-refractivity contribution < 1.29 is 14.3 Å². The van der Waals surface area contributed by atoms with Crippen LogP contribution in [0.1, 0.15) is 20.7 Å². The Morgan fingerprint density at radius 3 is 1.86 bits per heavy atom. The van der Waals surface area contributed by atoms with Crippen molar-refractivity contribution in [2.75, 3.05) is 0 Å². The van der Waals surface area contributed by atoms with E-state index in [-0.39, 0.29) is 0 Å². The Balaban J connectivity index is 0.000000293. The Hall–Kier alpha value is -2.35. The van der Waals surface area contributed by atoms with E-state index >= 15 is 0 Å². The lowest BCUT2D eigenvalue weighted by atomic mass is 10.1. The van der Waals surface area contributed by atoms with Gasteiger partial charge in [-0.05, 0) is 12.1 Å². The molecule has 0 amide bonds. The van der Waals surface area contributed by atoms with Crippen LogP contribution in [0.3, 0.4) is 0 Å². The average molecular weight is 190 g/mol. The molecule has 0 radical (unpaired) electrons. The first kappa shape index (κ1) is 9.74. The number of fused-ring (bicyclic) bond motifs is 1. The zero-order valence-corrected chi connectivity index (χ0v) is 7.06. The van der Waals surface area contributed by atoms with E-state index in [0.717, 1.165) is 0 Å². The second-order valence-corrected chi connectivity index (χ2v) is 2.35. The van der Waals surface area contributed by atoms with Gasteiger partial charge in [-0.2, -0.15) is 5.26 Å². The molecule has 0 fully saturated rings. The number of nitrogens with two attached hydrogens (primary N) is 1. The van der Waals surface area contributed by atoms with Gasteiger partial charge in [-0.15, -0.1) is 0 Å². The van der Waals surface area contributed by atoms with Gasteiger partial charge in [0.15, 0.2) is 6.19 Å². The van der Waals surface area contributed by atoms with Gasteiger partial charge < -0.3 is 10.5 Å². The van der Waals surface area contributed by atoms with Crippen LogP contribution in [0.4, 0.5) is 0 Å². The van der Waals surface area contributed by atoms with E-state index in [1.807, 2.05) is 0 Å². The summed E-state index contributed by atoms with van der Waals surface area (Å²) in [5, 5.41) is 7.10. The van der Waals surface area contributed by atoms with Crippen LogP contribution in [-0.4, -0.2) is 11.9 Å². The normalized spacial score (nSPS) is 11.9. The summed E-state index contributed by atoms with van der Waals surface area (Å²) in [6, 6.07) is 6.53. The number of carbonyl (C=O) groups excluding carboxylic acids is 2. The van der Waals surface area contributed by atoms with Crippen molar-refractivity contribution in [2.24, 2.45) is 5.73 Å². The van der Waals surface area contributed by atoms with Crippen molar-refractivity contribution >= 4 is 11.9 Å². The van der Waals surface area contributed by atoms with Gasteiger partial charge in [0.1, 0.15) is 0 Å². The first-order chi connectivity index (χ1) is 6.70. The summed E-state index contributed by atoms with van der Waals surface area (Å²) in [6.07, 6.45) is 1.25. The lowest BCUT2D eigenvalue weighted by molar-refractivity contribution is 0.0444. The number of esters is 2. The number of carbonyl (C=O) groups is 2. The highest BCUT2D eigenvalue weighted by Gasteiger charge is 2.28. The summed E-state index contributed by atoms with van der Waals surface area (Å²) >= 11 is 0. The molecule has 0 spiro atoms. The van der Waals surface area contributed by atoms with E-state index in [2.05, 4.69) is 10.5 Å². The number of nitriles is 1. The van der Waals surface area contributed by atoms with E-state index in [9.17, 15) is 9.59 Å². The van der Waals surface area contributed by atoms with E-state index in [1.54, 1.807) is 24.3 Å². The second-order valence-electron chi connectivity index (χ2n) is 2.35. The molecule has 0 atom stereocenters. The third-order valence-corrected chi connectivity index (χ3v) is 1.55. The van der Waals surface area contributed by atoms with Crippen LogP contribution in [0.2, 0.25) is 0 Å². The molecule has 5 heteroatoms. The molecule has 1 aliphatic rings. The first-order valence-electron chi connectivity index (χ1n) is 3.66. The monoisotopic (exact) mass is 190 g/mol. The molecule has 14 heavy (non-hydrogen) atoms. The fourth-order valence-electron chi connectivity index (χ4n) is 1.03. The highest BCUT2D eigenvalue weighted by molar-refractivity contribution is 6.14. The number of cyclic esters (lactones) is 2. The lowest BCUT2D eigenvalue weighted by Gasteiger charge is -1.86. The maximum atomic E-state index is 10.8. The van der Waals surface area contributed by atoms with Gasteiger partial charge in [0.05, 0.1) is 11.1 Å². The van der Waals surface area contributed by atoms with Crippen LogP contribution in [-0.2, 0) is 4.74 Å². The third-order valence-electron chi connectivity index (χ3n) is 1.55. The van der Waals surface area contributed by atoms with Gasteiger partial charge in [-0.1, -0.05) is 12.1 Å². The Kier molecular flexibility index (Phi) is 2.82. The van der Waals surface area contributed by atoms with E-state index in [4.69, 9.17) is 5.26 Å². The maximum absolute atomic E-state index is 10.8. The predicted octanol–water partition coefficient (Wildman–Crippen LogP) is 0.423. The molecule has 0 aliphatic carbocycles. The number of benzene rings is 1. The minimum Gasteiger partial charge on any atom is -0.386 e. The third kappa shape index (κ3) is 1.69. The fraction of sp³-hybridized carbons (Fsp3) is 0. The molecule has 0 unspecified atom stereocenters. The summed E-state index contributed by atoms with van der Waals surface area (Å²) in [5.74, 6) is -1.10. The number of ether oxygens (including phenoxy) is 1. The molecule has 0 saturated heterocycles. The van der Waals surface area contributed by atoms with Gasteiger partial charge in [0.25, 0.3) is 0 Å². The van der Waals surface area contributed by atoms with Crippen molar-refractivity contribution in [3.05, 3.63) is 35.4 Å². The van der Waals surface area contributed by atoms with Gasteiger partial charge in [0.2, 0.25) is 0 Å². The minimum absolute atomic E-state index is 0.359. The zero-order valence-electron chi connectivity index (χ0n) is 7.06. The molecule has 70 valence electrons. The molecule has 1 aromatic carbocycles. The summed E-state index contributed by atoms with van der Waals surface area (Å²) in [7, 11) is 0. The number of nitrogens with zero attached hydrogens (tertiary/aromatic N) is 1. The molecule has 0 bridgehead atoms. The highest BCUT2D eigenvalue weighted by Crippen LogP contribution is 2.18. The smallest absolute Gasteiger partial charge is 0.346 e. The standard InChI is InChI=1S/C8H4O3.CH2N2/c9-7-5-3-1-2-4-6(5)8(10)11-7;2-1-3/h1-4H;2H2. The van der Waals surface area contributed by atoms with Crippen molar-refractivity contribution in [1.82, 2.24) is 0 Å². The average Bonchev–Trinajstić information content (AvgIpc) is 2.45. The fourth-order valence-corrected chi connectivity index (χ4v) is 1.03. The van der Waals surface area contributed by atoms with Crippen molar-refractivity contribution in [2.45, 2.75) is 0 Å². The number of rotatable bonds is 0. The van der Waals surface area contributed by atoms with E-state index in [0.29, 0.717) is 11.1 Å². The van der Waals surface area contributed by atoms with Gasteiger partial charge in [0, 0.05) is 0 Å². The van der Waals surface area contributed by atoms with Gasteiger partial charge in [-0.3, -0.25) is 0 Å². The highest BCUT2D eigenvalue weighted by atomic mass is 16.6. The number of hydrogen-bond acceptors (Lipinski definition) is 5. The maximum Gasteiger partial charge on any atom is 0.346 e. The zero-order chi connectivity index (χ0) is 10.6. The second kappa shape index (κ2) is 4.05. The minimum atomic E-state index is -0.550. The van der Waals surface area contributed by atoms with Crippen LogP contribution in [0.15, 0.2) is 24.3 Å². The topological polar surface area (TPSA) is 93.2 Å². The van der Waals surface area contributed by atoms with Crippen LogP contribution in [0.5, 0.6) is 0 Å². The van der Waals surface area contributed by atoms with Crippen LogP contribution in [0.25, 0.3) is 0 Å². The van der Waals surface area contributed by atoms with Crippen LogP contribution >= 0.6 is 0 Å². The van der Waals surface area contributed by atoms with E-state index in [1.165, 1.54) is 6.19 Å². The van der Waals surface area contributed by atoms with Crippen LogP contribution < -0.4 is 5.73 Å². The van der Waals surface area contributed by atoms with Crippen LogP contribution in [0, 0.1) is 11.5 Å². The summed E-state index contributed by atoms with van der Waals surface area (Å²) in [5.41, 5.74) is 4.87. The molecule has 5 nitrogen and oxygen atoms in total. The van der Waals surface area contributed by atoms with Gasteiger partial charge in [-0.25, -0.2) is 9.59 Å². The molecule has 1 aliphatic heterocycles. The van der Waals surface area contributed by atoms with Crippen molar-refractivity contribution in [3.63, 3.8) is 0 Å². The van der Waals surface area contributed by atoms with Crippen molar-refractivity contribution in [1.29, 1.82) is 5.26 Å². The lowest BCUT2D eigenvalue weighted by Crippen LogP contribution is -1.96. The molecule has 0 saturated carbocycles. The summed E-state index contributed by atoms with van der Waals surface area (Å²) in [6.45, 7) is 0. The largest absolute Gasteiger partial charge is 0.386 e. The Labute approximate surface area is 79.7 Å². The molecule has 2 rings (SSSR count). The summed E-state index contributed by atoms with van der Waals surface area (Å²) < 4.78 is 4.35. The Morgan fingerprint density at radius 2 is 1.50 bits per heavy atom. The first-order valence-corrected chi connectivity index (χ1v) is 3.66. The van der Waals surface area contributed by atoms with E-state index < -0.39 is 11.9 Å². The Morgan fingerprint density at radius 1 is 1.14 bits per heavy atom. The number of hydrogen-bond donors (Lipinski definition) is 1. The molecule has 2 N–H and O–H groups in total. The van der Waals surface area contributed by atoms with Gasteiger partial charge >= 0.3 is 11.9 Å². The Bertz CT molecular complexity index is 387. The summed E-state index contributed by atoms with van der Waals surface area (Å²) in [4.78, 5) is 21.7. The quantitative estimate of drug-likeness (QED) is 0.277. The molecular weight excluding hydrogens is 184 g/mol. The molecule has 1 heterocycles. The predicted molar refractivity (Wildman–Crippen MR) is 46.0 cm³/mol. The molecular formula is C9H6N2O3. The molecule has 1 aromatic rings. The van der Waals surface area contributed by atoms with Crippen molar-refractivity contribution in [3.8, 4) is 6.19 Å². The SMILES string of the molecule is N#CN.O=C1OC(=O)c2ccccc21.